The first-order chi connectivity index (χ1) is 18.4. The summed E-state index contributed by atoms with van der Waals surface area (Å²) in [6, 6.07) is 6.25. The maximum atomic E-state index is 15.1. The minimum Gasteiger partial charge on any atom is -0.379 e. The highest BCUT2D eigenvalue weighted by molar-refractivity contribution is 6.01. The van der Waals surface area contributed by atoms with Gasteiger partial charge in [-0.25, -0.2) is 9.37 Å². The second-order valence-electron chi connectivity index (χ2n) is 9.99. The number of aryl methyl sites for hydroxylation is 1. The Kier molecular flexibility index (Phi) is 8.39. The molecule has 0 spiro atoms. The van der Waals surface area contributed by atoms with Gasteiger partial charge in [0, 0.05) is 42.3 Å². The highest BCUT2D eigenvalue weighted by Crippen LogP contribution is 2.38. The van der Waals surface area contributed by atoms with Gasteiger partial charge in [-0.15, -0.1) is 0 Å². The van der Waals surface area contributed by atoms with E-state index in [4.69, 9.17) is 0 Å². The summed E-state index contributed by atoms with van der Waals surface area (Å²) in [6.45, 7) is 3.39. The Morgan fingerprint density at radius 2 is 2.03 bits per heavy atom. The van der Waals surface area contributed by atoms with Crippen LogP contribution in [0.25, 0.3) is 22.4 Å². The Bertz CT molecular complexity index is 1380. The van der Waals surface area contributed by atoms with Crippen molar-refractivity contribution in [1.82, 2.24) is 25.0 Å². The number of halogens is 4. The molecular weight excluding hydrogens is 512 g/mol. The number of anilines is 1. The molecule has 3 atom stereocenters. The number of allylic oxidation sites excluding steroid dienone is 1. The summed E-state index contributed by atoms with van der Waals surface area (Å²) in [5.41, 5.74) is -0.196. The van der Waals surface area contributed by atoms with Crippen molar-refractivity contribution in [3.05, 3.63) is 66.3 Å². The number of alkyl halides is 4. The molecule has 0 radical (unpaired) electrons. The van der Waals surface area contributed by atoms with E-state index in [1.807, 2.05) is 19.0 Å². The first kappa shape index (κ1) is 28.3. The molecule has 0 saturated heterocycles. The number of pyridine rings is 1. The smallest absolute Gasteiger partial charge is 0.379 e. The molecule has 7 nitrogen and oxygen atoms in total. The van der Waals surface area contributed by atoms with Gasteiger partial charge in [0.15, 0.2) is 0 Å². The van der Waals surface area contributed by atoms with E-state index in [0.29, 0.717) is 29.5 Å². The van der Waals surface area contributed by atoms with Gasteiger partial charge in [0.2, 0.25) is 0 Å². The number of hydrogen-bond acceptors (Lipinski definition) is 5. The van der Waals surface area contributed by atoms with Crippen LogP contribution in [0.5, 0.6) is 0 Å². The van der Waals surface area contributed by atoms with Gasteiger partial charge in [0.1, 0.15) is 6.17 Å². The van der Waals surface area contributed by atoms with Gasteiger partial charge < -0.3 is 15.5 Å². The van der Waals surface area contributed by atoms with Crippen molar-refractivity contribution in [3.8, 4) is 0 Å². The third-order valence-corrected chi connectivity index (χ3v) is 6.97. The van der Waals surface area contributed by atoms with Gasteiger partial charge in [-0.2, -0.15) is 18.3 Å². The summed E-state index contributed by atoms with van der Waals surface area (Å²) >= 11 is 0. The van der Waals surface area contributed by atoms with E-state index in [-0.39, 0.29) is 35.3 Å². The second kappa shape index (κ2) is 11.6. The lowest BCUT2D eigenvalue weighted by atomic mass is 9.88. The topological polar surface area (TPSA) is 75.1 Å². The first-order valence-corrected chi connectivity index (χ1v) is 12.6. The van der Waals surface area contributed by atoms with E-state index in [9.17, 15) is 18.0 Å². The molecule has 1 saturated carbocycles. The van der Waals surface area contributed by atoms with E-state index in [2.05, 4.69) is 27.3 Å². The standard InChI is InChI=1S/C28H32F4N6O/c1-17(28(30,31)32)26-21-8-5-9-24(36-25-11-10-20(37(2)3)14-23(25)29)22(21)13-19(35-26)7-6-12-33-27(39)18-15-34-38(4)16-18/h5-9,13,15-16,20,23,25,36H,1,10-12,14H2,2-4H3,(H,33,39)/b7-6+/t20-,23?,25-/m1/s1. The van der Waals surface area contributed by atoms with Crippen molar-refractivity contribution in [2.24, 2.45) is 7.05 Å². The molecule has 4 rings (SSSR count). The molecule has 2 aromatic heterocycles. The number of nitrogens with zero attached hydrogens (tertiary/aromatic N) is 4. The summed E-state index contributed by atoms with van der Waals surface area (Å²) in [4.78, 5) is 18.5. The van der Waals surface area contributed by atoms with Gasteiger partial charge >= 0.3 is 6.18 Å². The number of rotatable bonds is 8. The number of hydrogen-bond donors (Lipinski definition) is 2. The quantitative estimate of drug-likeness (QED) is 0.381. The van der Waals surface area contributed by atoms with Crippen LogP contribution in [0.4, 0.5) is 23.2 Å². The van der Waals surface area contributed by atoms with E-state index in [0.717, 1.165) is 6.42 Å². The normalized spacial score (nSPS) is 20.1. The Balaban J connectivity index is 1.62. The minimum absolute atomic E-state index is 0.127. The predicted octanol–water partition coefficient (Wildman–Crippen LogP) is 5.22. The van der Waals surface area contributed by atoms with Gasteiger partial charge in [-0.3, -0.25) is 9.48 Å². The number of amides is 1. The Hall–Kier alpha value is -3.73. The van der Waals surface area contributed by atoms with Gasteiger partial charge in [-0.1, -0.05) is 24.8 Å². The molecule has 208 valence electrons. The zero-order valence-electron chi connectivity index (χ0n) is 22.1. The van der Waals surface area contributed by atoms with Crippen LogP contribution in [-0.2, 0) is 7.05 Å². The molecule has 39 heavy (non-hydrogen) atoms. The van der Waals surface area contributed by atoms with Crippen LogP contribution in [0.1, 0.15) is 41.0 Å². The third kappa shape index (κ3) is 6.65. The Morgan fingerprint density at radius 3 is 2.67 bits per heavy atom. The van der Waals surface area contributed by atoms with Crippen LogP contribution >= 0.6 is 0 Å². The number of benzene rings is 1. The summed E-state index contributed by atoms with van der Waals surface area (Å²) < 4.78 is 57.7. The average molecular weight is 545 g/mol. The SMILES string of the molecule is C=C(c1nc(/C=C/CNC(=O)c2cnn(C)c2)cc2c(N[C@@H]3CC[C@@H](N(C)C)CC3F)cccc12)C(F)(F)F. The van der Waals surface area contributed by atoms with Crippen molar-refractivity contribution < 1.29 is 22.4 Å². The summed E-state index contributed by atoms with van der Waals surface area (Å²) in [6.07, 6.45) is 2.14. The summed E-state index contributed by atoms with van der Waals surface area (Å²) in [5.74, 6) is -0.332. The van der Waals surface area contributed by atoms with Crippen molar-refractivity contribution in [1.29, 1.82) is 0 Å². The largest absolute Gasteiger partial charge is 0.417 e. The van der Waals surface area contributed by atoms with Crippen LogP contribution in [0.15, 0.2) is 49.3 Å². The highest BCUT2D eigenvalue weighted by atomic mass is 19.4. The molecule has 0 bridgehead atoms. The Morgan fingerprint density at radius 1 is 1.26 bits per heavy atom. The minimum atomic E-state index is -4.68. The van der Waals surface area contributed by atoms with E-state index < -0.39 is 24.0 Å². The molecule has 2 N–H and O–H groups in total. The molecular formula is C28H32F4N6O. The van der Waals surface area contributed by atoms with E-state index in [1.165, 1.54) is 17.0 Å². The molecule has 1 unspecified atom stereocenters. The van der Waals surface area contributed by atoms with Crippen molar-refractivity contribution >= 4 is 34.0 Å². The summed E-state index contributed by atoms with van der Waals surface area (Å²) in [7, 11) is 5.55. The Labute approximate surface area is 224 Å². The lowest BCUT2D eigenvalue weighted by molar-refractivity contribution is -0.0688. The number of fused-ring (bicyclic) bond motifs is 1. The molecule has 11 heteroatoms. The third-order valence-electron chi connectivity index (χ3n) is 6.97. The van der Waals surface area contributed by atoms with Gasteiger partial charge in [-0.05, 0) is 51.6 Å². The maximum absolute atomic E-state index is 15.1. The fourth-order valence-corrected chi connectivity index (χ4v) is 4.77. The molecule has 1 aliphatic rings. The van der Waals surface area contributed by atoms with Gasteiger partial charge in [0.25, 0.3) is 5.91 Å². The number of carbonyl (C=O) groups is 1. The van der Waals surface area contributed by atoms with Crippen LogP contribution in [-0.4, -0.2) is 70.6 Å². The fourth-order valence-electron chi connectivity index (χ4n) is 4.77. The monoisotopic (exact) mass is 544 g/mol. The number of nitrogens with one attached hydrogen (secondary N) is 2. The number of aromatic nitrogens is 3. The summed E-state index contributed by atoms with van der Waals surface area (Å²) in [5, 5.41) is 10.6. The maximum Gasteiger partial charge on any atom is 0.417 e. The first-order valence-electron chi connectivity index (χ1n) is 12.6. The zero-order valence-corrected chi connectivity index (χ0v) is 22.1. The van der Waals surface area contributed by atoms with E-state index in [1.54, 1.807) is 43.6 Å². The molecule has 3 aromatic rings. The predicted molar refractivity (Wildman–Crippen MR) is 145 cm³/mol. The van der Waals surface area contributed by atoms with Crippen molar-refractivity contribution in [3.63, 3.8) is 0 Å². The van der Waals surface area contributed by atoms with Crippen LogP contribution in [0.2, 0.25) is 0 Å². The molecule has 1 fully saturated rings. The lowest BCUT2D eigenvalue weighted by Gasteiger charge is -2.36. The van der Waals surface area contributed by atoms with Crippen molar-refractivity contribution in [2.45, 2.75) is 43.7 Å². The van der Waals surface area contributed by atoms with Gasteiger partial charge in [0.05, 0.1) is 34.8 Å². The van der Waals surface area contributed by atoms with E-state index >= 15 is 4.39 Å². The van der Waals surface area contributed by atoms with Crippen LogP contribution in [0, 0.1) is 0 Å². The van der Waals surface area contributed by atoms with Crippen molar-refractivity contribution in [2.75, 3.05) is 26.0 Å². The molecule has 1 amide bonds. The average Bonchev–Trinajstić information content (AvgIpc) is 3.32. The van der Waals surface area contributed by atoms with Crippen LogP contribution < -0.4 is 10.6 Å². The molecule has 2 heterocycles. The molecule has 0 aliphatic heterocycles. The zero-order chi connectivity index (χ0) is 28.3. The molecule has 1 aromatic carbocycles. The fraction of sp³-hybridized carbons (Fsp3) is 0.393. The second-order valence-corrected chi connectivity index (χ2v) is 9.99. The van der Waals surface area contributed by atoms with Crippen LogP contribution in [0.3, 0.4) is 0 Å². The lowest BCUT2D eigenvalue weighted by Crippen LogP contribution is -2.43. The number of carbonyl (C=O) groups excluding carboxylic acids is 1. The highest BCUT2D eigenvalue weighted by Gasteiger charge is 2.35. The molecule has 1 aliphatic carbocycles.